The highest BCUT2D eigenvalue weighted by Crippen LogP contribution is 2.67. The van der Waals surface area contributed by atoms with Crippen LogP contribution in [0.4, 0.5) is 0 Å². The maximum Gasteiger partial charge on any atom is 0.306 e. The van der Waals surface area contributed by atoms with Gasteiger partial charge in [0.1, 0.15) is 6.10 Å². The molecule has 0 aliphatic heterocycles. The Morgan fingerprint density at radius 3 is 2.45 bits per heavy atom. The van der Waals surface area contributed by atoms with Crippen molar-refractivity contribution in [3.8, 4) is 0 Å². The zero-order valence-corrected chi connectivity index (χ0v) is 32.9. The molecule has 4 aliphatic rings. The Hall–Kier alpha value is -1.13. The number of hydrogen-bond acceptors (Lipinski definition) is 4. The highest BCUT2D eigenvalue weighted by molar-refractivity contribution is 5.69. The summed E-state index contributed by atoms with van der Waals surface area (Å²) in [6.45, 7) is 14.5. The van der Waals surface area contributed by atoms with Gasteiger partial charge in [0.25, 0.3) is 0 Å². The molecule has 10 atom stereocenters. The number of ether oxygens (including phenoxy) is 1. The number of unbranched alkanes of at least 4 members (excludes halogenated alkanes) is 8. The first-order valence-electron chi connectivity index (χ1n) is 21.4. The summed E-state index contributed by atoms with van der Waals surface area (Å²) in [6, 6.07) is 0. The van der Waals surface area contributed by atoms with Gasteiger partial charge in [0.05, 0.1) is 12.2 Å². The van der Waals surface area contributed by atoms with Crippen molar-refractivity contribution in [3.63, 3.8) is 0 Å². The van der Waals surface area contributed by atoms with E-state index in [4.69, 9.17) is 4.74 Å². The molecule has 4 aliphatic carbocycles. The van der Waals surface area contributed by atoms with E-state index in [1.54, 1.807) is 0 Å². The van der Waals surface area contributed by atoms with Crippen LogP contribution in [0.25, 0.3) is 0 Å². The van der Waals surface area contributed by atoms with Crippen molar-refractivity contribution in [1.82, 2.24) is 0 Å². The van der Waals surface area contributed by atoms with Crippen LogP contribution in [0.5, 0.6) is 0 Å². The van der Waals surface area contributed by atoms with Crippen molar-refractivity contribution in [2.24, 2.45) is 46.3 Å². The third-order valence-electron chi connectivity index (χ3n) is 14.3. The van der Waals surface area contributed by atoms with E-state index in [2.05, 4.69) is 59.8 Å². The molecular weight excluding hydrogens is 604 g/mol. The van der Waals surface area contributed by atoms with Crippen molar-refractivity contribution < 1.29 is 19.7 Å². The highest BCUT2D eigenvalue weighted by atomic mass is 16.5. The van der Waals surface area contributed by atoms with Gasteiger partial charge in [-0.2, -0.15) is 0 Å². The molecule has 3 saturated carbocycles. The molecule has 0 radical (unpaired) electrons. The van der Waals surface area contributed by atoms with Gasteiger partial charge in [-0.3, -0.25) is 4.79 Å². The summed E-state index contributed by atoms with van der Waals surface area (Å²) in [5.41, 5.74) is 1.67. The number of aliphatic hydroxyl groups is 2. The SMILES string of the molecule is CCCCCC[C@@H](O)C/C=C\CCCCCCCC(=O)OC1C[C@H](O)CC2=CC[C@H]3[C@@H]4CC[C@H]([C@H](C)CCCC(C)C)[C@@]4(C)CC[C@@H]3[C@]21C. The minimum atomic E-state index is -0.409. The molecule has 49 heavy (non-hydrogen) atoms. The normalized spacial score (nSPS) is 33.9. The van der Waals surface area contributed by atoms with E-state index in [1.807, 2.05) is 0 Å². The van der Waals surface area contributed by atoms with E-state index in [9.17, 15) is 15.0 Å². The number of hydrogen-bond donors (Lipinski definition) is 2. The average Bonchev–Trinajstić information content (AvgIpc) is 3.41. The van der Waals surface area contributed by atoms with Crippen LogP contribution in [-0.2, 0) is 9.53 Å². The molecule has 4 heteroatoms. The molecular formula is C45H78O4. The van der Waals surface area contributed by atoms with Gasteiger partial charge in [-0.15, -0.1) is 0 Å². The molecule has 1 unspecified atom stereocenters. The topological polar surface area (TPSA) is 66.8 Å². The first-order valence-corrected chi connectivity index (χ1v) is 21.4. The number of carbonyl (C=O) groups excluding carboxylic acids is 1. The maximum absolute atomic E-state index is 13.3. The molecule has 0 saturated heterocycles. The zero-order chi connectivity index (χ0) is 35.4. The van der Waals surface area contributed by atoms with Crippen LogP contribution in [0.2, 0.25) is 0 Å². The lowest BCUT2D eigenvalue weighted by Crippen LogP contribution is -2.56. The number of allylic oxidation sites excluding steroid dienone is 2. The smallest absolute Gasteiger partial charge is 0.306 e. The van der Waals surface area contributed by atoms with Gasteiger partial charge in [0, 0.05) is 18.3 Å². The van der Waals surface area contributed by atoms with Crippen LogP contribution in [-0.4, -0.2) is 34.5 Å². The van der Waals surface area contributed by atoms with E-state index in [1.165, 1.54) is 82.6 Å². The summed E-state index contributed by atoms with van der Waals surface area (Å²) in [4.78, 5) is 13.3. The molecule has 0 aromatic carbocycles. The van der Waals surface area contributed by atoms with Crippen LogP contribution in [0.15, 0.2) is 23.8 Å². The fraction of sp³-hybridized carbons (Fsp3) is 0.889. The van der Waals surface area contributed by atoms with Crippen molar-refractivity contribution in [3.05, 3.63) is 23.8 Å². The predicted octanol–water partition coefficient (Wildman–Crippen LogP) is 11.9. The zero-order valence-electron chi connectivity index (χ0n) is 32.9. The monoisotopic (exact) mass is 683 g/mol. The van der Waals surface area contributed by atoms with Gasteiger partial charge in [0.15, 0.2) is 0 Å². The molecule has 0 spiro atoms. The first kappa shape index (κ1) is 40.6. The molecule has 4 rings (SSSR count). The van der Waals surface area contributed by atoms with Crippen LogP contribution in [0, 0.1) is 46.3 Å². The third kappa shape index (κ3) is 10.7. The lowest BCUT2D eigenvalue weighted by molar-refractivity contribution is -0.169. The van der Waals surface area contributed by atoms with Gasteiger partial charge >= 0.3 is 5.97 Å². The maximum atomic E-state index is 13.3. The fourth-order valence-electron chi connectivity index (χ4n) is 11.4. The van der Waals surface area contributed by atoms with E-state index in [0.717, 1.165) is 81.5 Å². The van der Waals surface area contributed by atoms with Gasteiger partial charge in [-0.05, 0) is 112 Å². The highest BCUT2D eigenvalue weighted by Gasteiger charge is 2.61. The van der Waals surface area contributed by atoms with Crippen LogP contribution in [0.1, 0.15) is 189 Å². The molecule has 0 heterocycles. The second-order valence-corrected chi connectivity index (χ2v) is 18.2. The van der Waals surface area contributed by atoms with Gasteiger partial charge in [-0.25, -0.2) is 0 Å². The molecule has 0 aromatic heterocycles. The minimum absolute atomic E-state index is 0.0604. The van der Waals surface area contributed by atoms with E-state index < -0.39 is 6.10 Å². The summed E-state index contributed by atoms with van der Waals surface area (Å²) in [5, 5.41) is 21.0. The Morgan fingerprint density at radius 2 is 1.67 bits per heavy atom. The molecule has 2 N–H and O–H groups in total. The number of aliphatic hydroxyl groups excluding tert-OH is 2. The fourth-order valence-corrected chi connectivity index (χ4v) is 11.4. The first-order chi connectivity index (χ1) is 23.5. The van der Waals surface area contributed by atoms with Crippen molar-refractivity contribution in [2.75, 3.05) is 0 Å². The lowest BCUT2D eigenvalue weighted by Gasteiger charge is -2.60. The summed E-state index contributed by atoms with van der Waals surface area (Å²) in [6.07, 6.45) is 31.5. The van der Waals surface area contributed by atoms with Crippen molar-refractivity contribution in [1.29, 1.82) is 0 Å². The molecule has 0 bridgehead atoms. The quantitative estimate of drug-likeness (QED) is 0.0718. The standard InChI is InChI=1S/C45H78O4/c1-7-8-9-16-22-36(46)23-17-14-12-10-11-13-15-18-24-43(48)49-42-32-37(47)31-35-25-26-38-40-28-27-39(34(4)21-19-20-33(2)3)44(40,5)30-29-41(38)45(35,42)6/h14,17,25,33-34,36-42,46-47H,7-13,15-16,18-24,26-32H2,1-6H3/b17-14-/t34-,36-,37-,38+,39-,40+,41+,42?,44-,45+/m1/s1. The summed E-state index contributed by atoms with van der Waals surface area (Å²) >= 11 is 0. The summed E-state index contributed by atoms with van der Waals surface area (Å²) < 4.78 is 6.40. The van der Waals surface area contributed by atoms with Crippen molar-refractivity contribution >= 4 is 5.97 Å². The number of rotatable bonds is 21. The minimum Gasteiger partial charge on any atom is -0.461 e. The molecule has 282 valence electrons. The van der Waals surface area contributed by atoms with Crippen LogP contribution in [0.3, 0.4) is 0 Å². The van der Waals surface area contributed by atoms with Gasteiger partial charge in [0.2, 0.25) is 0 Å². The largest absolute Gasteiger partial charge is 0.461 e. The number of esters is 1. The summed E-state index contributed by atoms with van der Waals surface area (Å²) in [7, 11) is 0. The Labute approximate surface area is 302 Å². The Balaban J connectivity index is 1.21. The Bertz CT molecular complexity index is 1050. The van der Waals surface area contributed by atoms with Crippen LogP contribution < -0.4 is 0 Å². The number of fused-ring (bicyclic) bond motifs is 5. The van der Waals surface area contributed by atoms with Gasteiger partial charge in [-0.1, -0.05) is 130 Å². The second-order valence-electron chi connectivity index (χ2n) is 18.2. The third-order valence-corrected chi connectivity index (χ3v) is 14.3. The lowest BCUT2D eigenvalue weighted by atomic mass is 9.46. The van der Waals surface area contributed by atoms with E-state index in [-0.39, 0.29) is 23.6 Å². The molecule has 3 fully saturated rings. The van der Waals surface area contributed by atoms with E-state index in [0.29, 0.717) is 30.1 Å². The number of carbonyl (C=O) groups is 1. The van der Waals surface area contributed by atoms with E-state index >= 15 is 0 Å². The molecule has 4 nitrogen and oxygen atoms in total. The summed E-state index contributed by atoms with van der Waals surface area (Å²) in [5.74, 6) is 4.38. The van der Waals surface area contributed by atoms with Gasteiger partial charge < -0.3 is 14.9 Å². The molecule has 0 amide bonds. The van der Waals surface area contributed by atoms with Crippen molar-refractivity contribution in [2.45, 2.75) is 208 Å². The Kier molecular flexibility index (Phi) is 16.3. The predicted molar refractivity (Wildman–Crippen MR) is 205 cm³/mol. The molecule has 0 aromatic rings. The second kappa shape index (κ2) is 19.6. The average molecular weight is 683 g/mol. The van der Waals surface area contributed by atoms with Crippen LogP contribution >= 0.6 is 0 Å². The Morgan fingerprint density at radius 1 is 0.918 bits per heavy atom.